The summed E-state index contributed by atoms with van der Waals surface area (Å²) >= 11 is 0. The fourth-order valence-electron chi connectivity index (χ4n) is 3.15. The van der Waals surface area contributed by atoms with Crippen LogP contribution in [0.4, 0.5) is 13.2 Å². The van der Waals surface area contributed by atoms with Crippen LogP contribution in [0.15, 0.2) is 6.20 Å². The third-order valence-electron chi connectivity index (χ3n) is 4.42. The van der Waals surface area contributed by atoms with E-state index in [2.05, 4.69) is 15.3 Å². The maximum Gasteiger partial charge on any atom is 0.433 e. The van der Waals surface area contributed by atoms with Gasteiger partial charge in [0.15, 0.2) is 5.69 Å². The third kappa shape index (κ3) is 4.09. The van der Waals surface area contributed by atoms with Crippen molar-refractivity contribution in [2.24, 2.45) is 0 Å². The Morgan fingerprint density at radius 1 is 1.33 bits per heavy atom. The molecule has 1 aliphatic heterocycles. The Kier molecular flexibility index (Phi) is 5.90. The van der Waals surface area contributed by atoms with Gasteiger partial charge in [0.2, 0.25) is 0 Å². The number of halogens is 3. The molecule has 1 aromatic heterocycles. The molecule has 24 heavy (non-hydrogen) atoms. The molecule has 0 saturated carbocycles. The second kappa shape index (κ2) is 7.55. The smallest absolute Gasteiger partial charge is 0.350 e. The number of carbonyl (C=O) groups excluding carboxylic acids is 1. The summed E-state index contributed by atoms with van der Waals surface area (Å²) in [5.41, 5.74) is -1.39. The zero-order valence-corrected chi connectivity index (χ0v) is 14.4. The molecule has 1 N–H and O–H groups in total. The molecule has 0 aliphatic carbocycles. The molecule has 0 spiro atoms. The average Bonchev–Trinajstić information content (AvgIpc) is 3.16. The van der Waals surface area contributed by atoms with Crippen LogP contribution in [0.3, 0.4) is 0 Å². The van der Waals surface area contributed by atoms with Crippen molar-refractivity contribution in [1.29, 1.82) is 0 Å². The minimum absolute atomic E-state index is 0.158. The zero-order valence-electron chi connectivity index (χ0n) is 14.4. The molecule has 1 atom stereocenters. The highest BCUT2D eigenvalue weighted by Crippen LogP contribution is 2.33. The van der Waals surface area contributed by atoms with E-state index < -0.39 is 29.4 Å². The van der Waals surface area contributed by atoms with Crippen LogP contribution in [0.1, 0.15) is 62.1 Å². The van der Waals surface area contributed by atoms with Crippen molar-refractivity contribution in [2.45, 2.75) is 58.3 Å². The van der Waals surface area contributed by atoms with E-state index in [-0.39, 0.29) is 6.04 Å². The van der Waals surface area contributed by atoms with E-state index in [1.165, 1.54) is 0 Å². The van der Waals surface area contributed by atoms with Crippen LogP contribution in [0.5, 0.6) is 0 Å². The molecule has 0 radical (unpaired) electrons. The molecule has 1 aromatic rings. The number of amides is 1. The van der Waals surface area contributed by atoms with Crippen LogP contribution in [-0.4, -0.2) is 46.3 Å². The molecule has 0 aromatic carbocycles. The highest BCUT2D eigenvalue weighted by molar-refractivity contribution is 5.95. The van der Waals surface area contributed by atoms with Gasteiger partial charge in [-0.1, -0.05) is 6.92 Å². The van der Waals surface area contributed by atoms with Crippen LogP contribution in [0, 0.1) is 0 Å². The van der Waals surface area contributed by atoms with Crippen molar-refractivity contribution in [3.63, 3.8) is 0 Å². The van der Waals surface area contributed by atoms with Gasteiger partial charge in [-0.15, -0.1) is 0 Å². The molecule has 1 amide bonds. The maximum atomic E-state index is 13.3. The molecular formula is C16H25F3N4O. The molecule has 0 unspecified atom stereocenters. The summed E-state index contributed by atoms with van der Waals surface area (Å²) in [4.78, 5) is 14.6. The van der Waals surface area contributed by atoms with E-state index >= 15 is 0 Å². The average molecular weight is 346 g/mol. The molecule has 1 saturated heterocycles. The number of hydrogen-bond acceptors (Lipinski definition) is 3. The van der Waals surface area contributed by atoms with Crippen molar-refractivity contribution in [3.05, 3.63) is 17.5 Å². The van der Waals surface area contributed by atoms with E-state index in [4.69, 9.17) is 0 Å². The van der Waals surface area contributed by atoms with Crippen LogP contribution in [0.25, 0.3) is 0 Å². The second-order valence-electron chi connectivity index (χ2n) is 6.46. The lowest BCUT2D eigenvalue weighted by atomic mass is 10.1. The predicted molar refractivity (Wildman–Crippen MR) is 84.8 cm³/mol. The standard InChI is InChI=1S/C16H25F3N4O/c1-4-12(22-7-5-6-8-22)9-20-15(24)13-10-21-23(11(2)3)14(13)16(17,18)19/h10-12H,4-9H2,1-3H3,(H,20,24)/t12-/m0/s1. The number of likely N-dealkylation sites (tertiary alicyclic amines) is 1. The summed E-state index contributed by atoms with van der Waals surface area (Å²) in [6, 6.07) is -0.318. The van der Waals surface area contributed by atoms with E-state index in [1.54, 1.807) is 13.8 Å². The van der Waals surface area contributed by atoms with Gasteiger partial charge in [-0.3, -0.25) is 14.4 Å². The van der Waals surface area contributed by atoms with Crippen LogP contribution in [-0.2, 0) is 6.18 Å². The van der Waals surface area contributed by atoms with E-state index in [0.29, 0.717) is 6.54 Å². The summed E-state index contributed by atoms with van der Waals surface area (Å²) in [5, 5.41) is 6.41. The number of carbonyl (C=O) groups is 1. The van der Waals surface area contributed by atoms with Crippen LogP contribution < -0.4 is 5.32 Å². The van der Waals surface area contributed by atoms with Crippen LogP contribution >= 0.6 is 0 Å². The largest absolute Gasteiger partial charge is 0.433 e. The lowest BCUT2D eigenvalue weighted by Gasteiger charge is -2.26. The maximum absolute atomic E-state index is 13.3. The SMILES string of the molecule is CC[C@@H](CNC(=O)c1cnn(C(C)C)c1C(F)(F)F)N1CCCC1. The number of nitrogens with one attached hydrogen (secondary N) is 1. The van der Waals surface area contributed by atoms with Crippen molar-refractivity contribution in [3.8, 4) is 0 Å². The highest BCUT2D eigenvalue weighted by atomic mass is 19.4. The first-order chi connectivity index (χ1) is 11.3. The van der Waals surface area contributed by atoms with Crippen molar-refractivity contribution in [2.75, 3.05) is 19.6 Å². The van der Waals surface area contributed by atoms with Gasteiger partial charge in [-0.05, 0) is 46.2 Å². The minimum Gasteiger partial charge on any atom is -0.350 e. The summed E-state index contributed by atoms with van der Waals surface area (Å²) in [7, 11) is 0. The lowest BCUT2D eigenvalue weighted by molar-refractivity contribution is -0.145. The molecule has 5 nitrogen and oxygen atoms in total. The molecule has 2 rings (SSSR count). The highest BCUT2D eigenvalue weighted by Gasteiger charge is 2.40. The Hall–Kier alpha value is -1.57. The molecule has 1 fully saturated rings. The van der Waals surface area contributed by atoms with Gasteiger partial charge < -0.3 is 5.32 Å². The lowest BCUT2D eigenvalue weighted by Crippen LogP contribution is -2.42. The van der Waals surface area contributed by atoms with Gasteiger partial charge in [0.05, 0.1) is 11.8 Å². The summed E-state index contributed by atoms with van der Waals surface area (Å²) in [6.45, 7) is 7.53. The van der Waals surface area contributed by atoms with Crippen molar-refractivity contribution >= 4 is 5.91 Å². The molecule has 0 bridgehead atoms. The number of hydrogen-bond donors (Lipinski definition) is 1. The Balaban J connectivity index is 2.12. The van der Waals surface area contributed by atoms with Gasteiger partial charge >= 0.3 is 6.18 Å². The Morgan fingerprint density at radius 3 is 2.46 bits per heavy atom. The first-order valence-corrected chi connectivity index (χ1v) is 8.42. The normalized spacial score (nSPS) is 17.5. The molecule has 8 heteroatoms. The molecular weight excluding hydrogens is 321 g/mol. The number of aromatic nitrogens is 2. The monoisotopic (exact) mass is 346 g/mol. The predicted octanol–water partition coefficient (Wildman–Crippen LogP) is 3.09. The number of nitrogens with zero attached hydrogens (tertiary/aromatic N) is 3. The first-order valence-electron chi connectivity index (χ1n) is 8.42. The molecule has 1 aliphatic rings. The topological polar surface area (TPSA) is 50.2 Å². The summed E-state index contributed by atoms with van der Waals surface area (Å²) < 4.78 is 40.8. The third-order valence-corrected chi connectivity index (χ3v) is 4.42. The first kappa shape index (κ1) is 18.8. The van der Waals surface area contributed by atoms with Gasteiger partial charge in [0, 0.05) is 18.6 Å². The second-order valence-corrected chi connectivity index (χ2v) is 6.46. The fraction of sp³-hybridized carbons (Fsp3) is 0.750. The van der Waals surface area contributed by atoms with E-state index in [1.807, 2.05) is 6.92 Å². The zero-order chi connectivity index (χ0) is 17.9. The van der Waals surface area contributed by atoms with Gasteiger partial charge in [0.1, 0.15) is 0 Å². The van der Waals surface area contributed by atoms with Gasteiger partial charge in [-0.2, -0.15) is 18.3 Å². The minimum atomic E-state index is -4.62. The van der Waals surface area contributed by atoms with E-state index in [0.717, 1.165) is 43.2 Å². The molecule has 136 valence electrons. The fourth-order valence-corrected chi connectivity index (χ4v) is 3.15. The molecule has 2 heterocycles. The number of alkyl halides is 3. The van der Waals surface area contributed by atoms with Crippen molar-refractivity contribution < 1.29 is 18.0 Å². The summed E-state index contributed by atoms with van der Waals surface area (Å²) in [6.07, 6.45) is -0.507. The quantitative estimate of drug-likeness (QED) is 0.861. The number of rotatable bonds is 6. The Morgan fingerprint density at radius 2 is 1.96 bits per heavy atom. The van der Waals surface area contributed by atoms with Crippen molar-refractivity contribution in [1.82, 2.24) is 20.0 Å². The van der Waals surface area contributed by atoms with Gasteiger partial charge in [-0.25, -0.2) is 0 Å². The summed E-state index contributed by atoms with van der Waals surface area (Å²) in [5.74, 6) is -0.716. The Bertz CT molecular complexity index is 562. The Labute approximate surface area is 140 Å². The van der Waals surface area contributed by atoms with E-state index in [9.17, 15) is 18.0 Å². The van der Waals surface area contributed by atoms with Gasteiger partial charge in [0.25, 0.3) is 5.91 Å². The van der Waals surface area contributed by atoms with Crippen LogP contribution in [0.2, 0.25) is 0 Å².